The fraction of sp³-hybridized carbons (Fsp3) is 0.417. The van der Waals surface area contributed by atoms with Crippen LogP contribution in [0.5, 0.6) is 11.5 Å². The topological polar surface area (TPSA) is 105 Å². The lowest BCUT2D eigenvalue weighted by Crippen LogP contribution is -2.52. The summed E-state index contributed by atoms with van der Waals surface area (Å²) in [6.45, 7) is 3.25. The van der Waals surface area contributed by atoms with E-state index in [1.165, 1.54) is 31.3 Å². The zero-order valence-electron chi connectivity index (χ0n) is 20.9. The molecule has 2 aromatic rings. The van der Waals surface area contributed by atoms with E-state index in [1.54, 1.807) is 38.1 Å². The average molecular weight is 561 g/mol. The minimum Gasteiger partial charge on any atom is -0.493 e. The van der Waals surface area contributed by atoms with Crippen molar-refractivity contribution in [2.24, 2.45) is 0 Å². The van der Waals surface area contributed by atoms with Crippen LogP contribution in [0.2, 0.25) is 10.0 Å². The second-order valence-electron chi connectivity index (χ2n) is 7.85. The fourth-order valence-electron chi connectivity index (χ4n) is 3.66. The van der Waals surface area contributed by atoms with Gasteiger partial charge in [0.2, 0.25) is 21.8 Å². The Morgan fingerprint density at radius 2 is 1.64 bits per heavy atom. The first kappa shape index (κ1) is 29.5. The molecule has 2 rings (SSSR count). The molecule has 0 spiro atoms. The van der Waals surface area contributed by atoms with Gasteiger partial charge in [-0.3, -0.25) is 13.9 Å². The van der Waals surface area contributed by atoms with Crippen LogP contribution < -0.4 is 19.1 Å². The molecule has 0 heterocycles. The van der Waals surface area contributed by atoms with Crippen LogP contribution in [0, 0.1) is 0 Å². The molecule has 36 heavy (non-hydrogen) atoms. The highest BCUT2D eigenvalue weighted by molar-refractivity contribution is 7.92. The van der Waals surface area contributed by atoms with Gasteiger partial charge in [0, 0.05) is 34.8 Å². The number of carbonyl (C=O) groups is 2. The van der Waals surface area contributed by atoms with Crippen molar-refractivity contribution in [3.8, 4) is 11.5 Å². The Labute approximate surface area is 222 Å². The summed E-state index contributed by atoms with van der Waals surface area (Å²) in [7, 11) is -1.03. The lowest BCUT2D eigenvalue weighted by molar-refractivity contribution is -0.140. The largest absolute Gasteiger partial charge is 0.493 e. The van der Waals surface area contributed by atoms with E-state index in [9.17, 15) is 18.0 Å². The van der Waals surface area contributed by atoms with Crippen molar-refractivity contribution in [2.45, 2.75) is 32.9 Å². The Bertz CT molecular complexity index is 1170. The number of hydrogen-bond acceptors (Lipinski definition) is 6. The van der Waals surface area contributed by atoms with Crippen LogP contribution in [0.25, 0.3) is 0 Å². The maximum Gasteiger partial charge on any atom is 0.244 e. The summed E-state index contributed by atoms with van der Waals surface area (Å²) in [6.07, 6.45) is 1.28. The van der Waals surface area contributed by atoms with Gasteiger partial charge in [0.25, 0.3) is 0 Å². The normalized spacial score (nSPS) is 12.0. The highest BCUT2D eigenvalue weighted by Gasteiger charge is 2.32. The number of nitrogens with one attached hydrogen (secondary N) is 1. The van der Waals surface area contributed by atoms with Gasteiger partial charge in [-0.1, -0.05) is 36.2 Å². The molecule has 0 aliphatic carbocycles. The van der Waals surface area contributed by atoms with E-state index < -0.39 is 28.5 Å². The summed E-state index contributed by atoms with van der Waals surface area (Å²) in [4.78, 5) is 27.8. The molecule has 0 unspecified atom stereocenters. The van der Waals surface area contributed by atoms with Gasteiger partial charge in [-0.05, 0) is 37.6 Å². The first-order valence-corrected chi connectivity index (χ1v) is 13.8. The van der Waals surface area contributed by atoms with Gasteiger partial charge in [0.05, 0.1) is 26.2 Å². The van der Waals surface area contributed by atoms with Crippen LogP contribution in [0.15, 0.2) is 36.4 Å². The third-order valence-electron chi connectivity index (χ3n) is 5.46. The third kappa shape index (κ3) is 7.18. The first-order valence-electron chi connectivity index (χ1n) is 11.2. The number of carbonyl (C=O) groups excluding carboxylic acids is 2. The van der Waals surface area contributed by atoms with Crippen LogP contribution in [0.4, 0.5) is 5.69 Å². The van der Waals surface area contributed by atoms with Crippen molar-refractivity contribution in [3.63, 3.8) is 0 Å². The second kappa shape index (κ2) is 13.0. The molecule has 0 bridgehead atoms. The van der Waals surface area contributed by atoms with Gasteiger partial charge in [0.1, 0.15) is 12.6 Å². The molecule has 0 radical (unpaired) electrons. The summed E-state index contributed by atoms with van der Waals surface area (Å²) in [5.41, 5.74) is 0.652. The molecule has 2 amide bonds. The number of methoxy groups -OCH3 is 2. The Morgan fingerprint density at radius 3 is 2.14 bits per heavy atom. The predicted octanol–water partition coefficient (Wildman–Crippen LogP) is 3.72. The van der Waals surface area contributed by atoms with Gasteiger partial charge in [-0.2, -0.15) is 0 Å². The number of nitrogens with zero attached hydrogens (tertiary/aromatic N) is 2. The number of benzene rings is 2. The molecule has 1 atom stereocenters. The van der Waals surface area contributed by atoms with Crippen molar-refractivity contribution < 1.29 is 27.5 Å². The van der Waals surface area contributed by atoms with Gasteiger partial charge in [-0.25, -0.2) is 8.42 Å². The van der Waals surface area contributed by atoms with Gasteiger partial charge in [0.15, 0.2) is 11.5 Å². The average Bonchev–Trinajstić information content (AvgIpc) is 2.83. The summed E-state index contributed by atoms with van der Waals surface area (Å²) < 4.78 is 37.0. The van der Waals surface area contributed by atoms with E-state index in [-0.39, 0.29) is 24.6 Å². The summed E-state index contributed by atoms with van der Waals surface area (Å²) in [5.74, 6) is -0.277. The lowest BCUT2D eigenvalue weighted by atomic mass is 10.1. The highest BCUT2D eigenvalue weighted by atomic mass is 35.5. The quantitative estimate of drug-likeness (QED) is 0.425. The Morgan fingerprint density at radius 1 is 1.03 bits per heavy atom. The molecule has 0 fully saturated rings. The number of hydrogen-bond donors (Lipinski definition) is 1. The van der Waals surface area contributed by atoms with E-state index in [0.717, 1.165) is 10.6 Å². The standard InChI is InChI=1S/C24H31Cl2N3O6S/c1-6-20(24(31)27-7-2)28(14-17-18(25)9-8-10-19(17)26)23(30)15-29(36(5,32)33)16-11-12-21(34-3)22(13-16)35-4/h8-13,20H,6-7,14-15H2,1-5H3,(H,27,31)/t20-/m0/s1. The SMILES string of the molecule is CCNC(=O)[C@H](CC)N(Cc1c(Cl)cccc1Cl)C(=O)CN(c1ccc(OC)c(OC)c1)S(C)(=O)=O. The number of anilines is 1. The number of amides is 2. The monoisotopic (exact) mass is 559 g/mol. The second-order valence-corrected chi connectivity index (χ2v) is 10.6. The number of sulfonamides is 1. The van der Waals surface area contributed by atoms with Crippen molar-refractivity contribution in [3.05, 3.63) is 52.0 Å². The van der Waals surface area contributed by atoms with Crippen LogP contribution >= 0.6 is 23.2 Å². The van der Waals surface area contributed by atoms with Crippen molar-refractivity contribution >= 4 is 50.7 Å². The highest BCUT2D eigenvalue weighted by Crippen LogP contribution is 2.33. The first-order chi connectivity index (χ1) is 17.0. The van der Waals surface area contributed by atoms with E-state index in [2.05, 4.69) is 5.32 Å². The van der Waals surface area contributed by atoms with E-state index in [1.807, 2.05) is 0 Å². The zero-order chi connectivity index (χ0) is 27.0. The molecule has 0 saturated heterocycles. The van der Waals surface area contributed by atoms with Gasteiger partial charge in [-0.15, -0.1) is 0 Å². The Kier molecular flexibility index (Phi) is 10.7. The van der Waals surface area contributed by atoms with Crippen LogP contribution in [0.1, 0.15) is 25.8 Å². The molecule has 0 saturated carbocycles. The molecule has 0 aliphatic rings. The molecule has 0 aromatic heterocycles. The molecule has 0 aliphatic heterocycles. The van der Waals surface area contributed by atoms with Crippen LogP contribution in [-0.4, -0.2) is 64.7 Å². The molecule has 12 heteroatoms. The Hall–Kier alpha value is -2.69. The van der Waals surface area contributed by atoms with Gasteiger partial charge >= 0.3 is 0 Å². The van der Waals surface area contributed by atoms with E-state index in [4.69, 9.17) is 32.7 Å². The van der Waals surface area contributed by atoms with Gasteiger partial charge < -0.3 is 19.7 Å². The molecule has 9 nitrogen and oxygen atoms in total. The number of rotatable bonds is 12. The number of halogens is 2. The third-order valence-corrected chi connectivity index (χ3v) is 7.31. The molecular weight excluding hydrogens is 529 g/mol. The van der Waals surface area contributed by atoms with Crippen molar-refractivity contribution in [1.29, 1.82) is 0 Å². The van der Waals surface area contributed by atoms with E-state index in [0.29, 0.717) is 33.7 Å². The zero-order valence-corrected chi connectivity index (χ0v) is 23.2. The minimum atomic E-state index is -3.91. The number of ether oxygens (including phenoxy) is 2. The van der Waals surface area contributed by atoms with E-state index >= 15 is 0 Å². The minimum absolute atomic E-state index is 0.0868. The fourth-order valence-corrected chi connectivity index (χ4v) is 5.02. The Balaban J connectivity index is 2.53. The summed E-state index contributed by atoms with van der Waals surface area (Å²) in [6, 6.07) is 8.56. The lowest BCUT2D eigenvalue weighted by Gasteiger charge is -2.33. The molecule has 198 valence electrons. The molecular formula is C24H31Cl2N3O6S. The molecule has 1 N–H and O–H groups in total. The summed E-state index contributed by atoms with van der Waals surface area (Å²) >= 11 is 12.7. The predicted molar refractivity (Wildman–Crippen MR) is 142 cm³/mol. The maximum atomic E-state index is 13.7. The van der Waals surface area contributed by atoms with Crippen molar-refractivity contribution in [1.82, 2.24) is 10.2 Å². The maximum absolute atomic E-state index is 13.7. The van der Waals surface area contributed by atoms with Crippen molar-refractivity contribution in [2.75, 3.05) is 37.9 Å². The van der Waals surface area contributed by atoms with Crippen LogP contribution in [-0.2, 0) is 26.2 Å². The smallest absolute Gasteiger partial charge is 0.244 e. The summed E-state index contributed by atoms with van der Waals surface area (Å²) in [5, 5.41) is 3.38. The number of likely N-dealkylation sites (N-methyl/N-ethyl adjacent to an activating group) is 1. The van der Waals surface area contributed by atoms with Crippen LogP contribution in [0.3, 0.4) is 0 Å². The molecule has 2 aromatic carbocycles.